The van der Waals surface area contributed by atoms with E-state index in [2.05, 4.69) is 24.0 Å². The minimum Gasteiger partial charge on any atom is -0.461 e. The lowest BCUT2D eigenvalue weighted by Crippen LogP contribution is -2.03. The summed E-state index contributed by atoms with van der Waals surface area (Å²) in [6.45, 7) is 4.22. The van der Waals surface area contributed by atoms with E-state index >= 15 is 0 Å². The van der Waals surface area contributed by atoms with Crippen molar-refractivity contribution in [3.05, 3.63) is 41.0 Å². The number of thiazole rings is 1. The normalized spacial score (nSPS) is 10.3. The zero-order chi connectivity index (χ0) is 13.0. The van der Waals surface area contributed by atoms with Gasteiger partial charge in [0.05, 0.1) is 17.0 Å². The highest BCUT2D eigenvalue weighted by molar-refractivity contribution is 8.01. The summed E-state index contributed by atoms with van der Waals surface area (Å²) >= 11 is 2.97. The second kappa shape index (κ2) is 6.02. The van der Waals surface area contributed by atoms with Gasteiger partial charge in [-0.05, 0) is 26.0 Å². The van der Waals surface area contributed by atoms with Crippen LogP contribution >= 0.6 is 23.1 Å². The second-order valence-electron chi connectivity index (χ2n) is 3.62. The number of aromatic nitrogens is 1. The molecule has 18 heavy (non-hydrogen) atoms. The van der Waals surface area contributed by atoms with Crippen LogP contribution in [0.2, 0.25) is 0 Å². The number of ether oxygens (including phenoxy) is 1. The van der Waals surface area contributed by atoms with E-state index in [1.54, 1.807) is 24.9 Å². The molecule has 1 aromatic heterocycles. The molecular weight excluding hydrogens is 266 g/mol. The fourth-order valence-corrected chi connectivity index (χ4v) is 3.35. The Morgan fingerprint density at radius 3 is 3.06 bits per heavy atom. The van der Waals surface area contributed by atoms with Gasteiger partial charge in [0, 0.05) is 4.90 Å². The molecular formula is C13H13NO2S2. The van der Waals surface area contributed by atoms with Crippen LogP contribution in [-0.4, -0.2) is 17.6 Å². The summed E-state index contributed by atoms with van der Waals surface area (Å²) < 4.78 is 5.90. The van der Waals surface area contributed by atoms with E-state index in [1.165, 1.54) is 16.9 Å². The number of carbonyl (C=O) groups excluding carboxylic acids is 1. The molecule has 1 aromatic carbocycles. The Bertz CT molecular complexity index is 551. The van der Waals surface area contributed by atoms with Gasteiger partial charge in [-0.3, -0.25) is 0 Å². The Balaban J connectivity index is 2.09. The van der Waals surface area contributed by atoms with Crippen LogP contribution in [0.1, 0.15) is 22.3 Å². The van der Waals surface area contributed by atoms with Gasteiger partial charge in [0.1, 0.15) is 0 Å². The Labute approximate surface area is 114 Å². The third kappa shape index (κ3) is 3.34. The molecule has 0 radical (unpaired) electrons. The number of aryl methyl sites for hydroxylation is 1. The zero-order valence-electron chi connectivity index (χ0n) is 10.2. The van der Waals surface area contributed by atoms with E-state index in [0.29, 0.717) is 11.6 Å². The van der Waals surface area contributed by atoms with Gasteiger partial charge in [0.15, 0.2) is 0 Å². The first-order valence-electron chi connectivity index (χ1n) is 5.56. The average Bonchev–Trinajstić information content (AvgIpc) is 2.78. The number of hydrogen-bond donors (Lipinski definition) is 0. The molecule has 0 saturated carbocycles. The van der Waals surface area contributed by atoms with E-state index < -0.39 is 0 Å². The summed E-state index contributed by atoms with van der Waals surface area (Å²) in [5.41, 5.74) is 1.22. The summed E-state index contributed by atoms with van der Waals surface area (Å²) in [6.07, 6.45) is 1.71. The van der Waals surface area contributed by atoms with Crippen molar-refractivity contribution in [1.82, 2.24) is 4.98 Å². The number of nitrogens with zero attached hydrogens (tertiary/aromatic N) is 1. The summed E-state index contributed by atoms with van der Waals surface area (Å²) in [7, 11) is 0. The fourth-order valence-electron chi connectivity index (χ4n) is 1.39. The first-order valence-corrected chi connectivity index (χ1v) is 7.20. The van der Waals surface area contributed by atoms with Gasteiger partial charge in [0.25, 0.3) is 0 Å². The van der Waals surface area contributed by atoms with Gasteiger partial charge in [0.2, 0.25) is 5.01 Å². The van der Waals surface area contributed by atoms with E-state index in [0.717, 1.165) is 9.10 Å². The van der Waals surface area contributed by atoms with Crippen molar-refractivity contribution in [3.8, 4) is 0 Å². The number of carbonyl (C=O) groups is 1. The molecule has 1 heterocycles. The van der Waals surface area contributed by atoms with Crippen LogP contribution in [0.3, 0.4) is 0 Å². The van der Waals surface area contributed by atoms with Gasteiger partial charge in [-0.1, -0.05) is 29.5 Å². The molecule has 3 nitrogen and oxygen atoms in total. The highest BCUT2D eigenvalue weighted by Crippen LogP contribution is 2.32. The van der Waals surface area contributed by atoms with Crippen LogP contribution in [0.4, 0.5) is 0 Å². The number of hydrogen-bond acceptors (Lipinski definition) is 5. The average molecular weight is 279 g/mol. The molecule has 0 bridgehead atoms. The minimum absolute atomic E-state index is 0.349. The van der Waals surface area contributed by atoms with Gasteiger partial charge in [-0.25, -0.2) is 9.78 Å². The summed E-state index contributed by atoms with van der Waals surface area (Å²) in [5.74, 6) is -0.349. The van der Waals surface area contributed by atoms with Crippen LogP contribution in [0.5, 0.6) is 0 Å². The molecule has 0 spiro atoms. The lowest BCUT2D eigenvalue weighted by atomic mass is 10.2. The Morgan fingerprint density at radius 1 is 1.50 bits per heavy atom. The third-order valence-electron chi connectivity index (χ3n) is 2.14. The monoisotopic (exact) mass is 279 g/mol. The molecule has 0 fully saturated rings. The van der Waals surface area contributed by atoms with E-state index in [4.69, 9.17) is 4.74 Å². The molecule has 0 saturated heterocycles. The van der Waals surface area contributed by atoms with Gasteiger partial charge in [-0.15, -0.1) is 11.3 Å². The highest BCUT2D eigenvalue weighted by atomic mass is 32.2. The Kier molecular flexibility index (Phi) is 4.38. The predicted octanol–water partition coefficient (Wildman–Crippen LogP) is 3.78. The SMILES string of the molecule is CCOC(=O)c1ncc(Sc2cccc(C)c2)s1. The number of esters is 1. The van der Waals surface area contributed by atoms with Gasteiger partial charge in [-0.2, -0.15) is 0 Å². The molecule has 0 atom stereocenters. The van der Waals surface area contributed by atoms with E-state index in [9.17, 15) is 4.79 Å². The maximum atomic E-state index is 11.5. The molecule has 0 aliphatic heterocycles. The van der Waals surface area contributed by atoms with Gasteiger partial charge < -0.3 is 4.74 Å². The second-order valence-corrected chi connectivity index (χ2v) is 6.03. The maximum absolute atomic E-state index is 11.5. The Hall–Kier alpha value is -1.33. The number of rotatable bonds is 4. The molecule has 0 unspecified atom stereocenters. The first-order chi connectivity index (χ1) is 8.69. The molecule has 5 heteroatoms. The topological polar surface area (TPSA) is 39.2 Å². The van der Waals surface area contributed by atoms with Crippen molar-refractivity contribution < 1.29 is 9.53 Å². The number of benzene rings is 1. The molecule has 94 valence electrons. The van der Waals surface area contributed by atoms with Crippen molar-refractivity contribution in [2.24, 2.45) is 0 Å². The highest BCUT2D eigenvalue weighted by Gasteiger charge is 2.12. The lowest BCUT2D eigenvalue weighted by Gasteiger charge is -1.99. The third-order valence-corrected chi connectivity index (χ3v) is 4.21. The lowest BCUT2D eigenvalue weighted by molar-refractivity contribution is 0.0526. The maximum Gasteiger partial charge on any atom is 0.367 e. The van der Waals surface area contributed by atoms with Crippen LogP contribution in [-0.2, 0) is 4.74 Å². The zero-order valence-corrected chi connectivity index (χ0v) is 11.8. The molecule has 2 aromatic rings. The van der Waals surface area contributed by atoms with E-state index in [1.807, 2.05) is 12.1 Å². The van der Waals surface area contributed by atoms with Crippen molar-refractivity contribution in [2.45, 2.75) is 23.0 Å². The van der Waals surface area contributed by atoms with Crippen LogP contribution in [0.15, 0.2) is 39.6 Å². The van der Waals surface area contributed by atoms with E-state index in [-0.39, 0.29) is 5.97 Å². The van der Waals surface area contributed by atoms with Crippen molar-refractivity contribution >= 4 is 29.1 Å². The summed E-state index contributed by atoms with van der Waals surface area (Å²) in [6, 6.07) is 8.22. The summed E-state index contributed by atoms with van der Waals surface area (Å²) in [4.78, 5) is 16.7. The first kappa shape index (κ1) is 13.1. The molecule has 0 amide bonds. The Morgan fingerprint density at radius 2 is 2.33 bits per heavy atom. The van der Waals surface area contributed by atoms with Crippen molar-refractivity contribution in [3.63, 3.8) is 0 Å². The van der Waals surface area contributed by atoms with Crippen molar-refractivity contribution in [1.29, 1.82) is 0 Å². The molecule has 0 N–H and O–H groups in total. The molecule has 0 aliphatic carbocycles. The molecule has 2 rings (SSSR count). The van der Waals surface area contributed by atoms with Crippen LogP contribution < -0.4 is 0 Å². The van der Waals surface area contributed by atoms with Gasteiger partial charge >= 0.3 is 5.97 Å². The van der Waals surface area contributed by atoms with Crippen LogP contribution in [0.25, 0.3) is 0 Å². The predicted molar refractivity (Wildman–Crippen MR) is 73.4 cm³/mol. The van der Waals surface area contributed by atoms with Crippen molar-refractivity contribution in [2.75, 3.05) is 6.61 Å². The standard InChI is InChI=1S/C13H13NO2S2/c1-3-16-13(15)12-14-8-11(18-12)17-10-6-4-5-9(2)7-10/h4-8H,3H2,1-2H3. The smallest absolute Gasteiger partial charge is 0.367 e. The summed E-state index contributed by atoms with van der Waals surface area (Å²) in [5, 5.41) is 0.409. The molecule has 0 aliphatic rings. The quantitative estimate of drug-likeness (QED) is 0.798. The fraction of sp³-hybridized carbons (Fsp3) is 0.231. The minimum atomic E-state index is -0.349. The van der Waals surface area contributed by atoms with Crippen LogP contribution in [0, 0.1) is 6.92 Å². The largest absolute Gasteiger partial charge is 0.461 e.